The highest BCUT2D eigenvalue weighted by atomic mass is 35.5. The number of hydrogen-bond donors (Lipinski definition) is 1. The second-order valence-electron chi connectivity index (χ2n) is 7.17. The number of fused-ring (bicyclic) bond motifs is 1. The smallest absolute Gasteiger partial charge is 0.258 e. The highest BCUT2D eigenvalue weighted by molar-refractivity contribution is 6.40. The Kier molecular flexibility index (Phi) is 4.76. The first-order valence-corrected chi connectivity index (χ1v) is 8.72. The largest absolute Gasteiger partial charge is 0.319 e. The molecule has 0 saturated heterocycles. The summed E-state index contributed by atoms with van der Waals surface area (Å²) in [5.74, 6) is -0.357. The van der Waals surface area contributed by atoms with Crippen LogP contribution in [0.1, 0.15) is 36.8 Å². The molecule has 2 aromatic heterocycles. The Morgan fingerprint density at radius 1 is 1.16 bits per heavy atom. The number of amides is 1. The van der Waals surface area contributed by atoms with Crippen molar-refractivity contribution in [2.24, 2.45) is 5.41 Å². The molecule has 1 aromatic carbocycles. The van der Waals surface area contributed by atoms with Crippen LogP contribution in [0.25, 0.3) is 5.65 Å². The minimum atomic E-state index is -0.357. The number of halogens is 2. The van der Waals surface area contributed by atoms with Crippen molar-refractivity contribution in [1.29, 1.82) is 0 Å². The van der Waals surface area contributed by atoms with Crippen LogP contribution in [0.15, 0.2) is 42.7 Å². The van der Waals surface area contributed by atoms with E-state index in [0.29, 0.717) is 21.4 Å². The molecule has 130 valence electrons. The van der Waals surface area contributed by atoms with Gasteiger partial charge >= 0.3 is 0 Å². The SMILES string of the molecule is CC(C)(C)Cc1cn2cccc(NC(=O)c3c(Cl)cccc3Cl)c2n1. The molecule has 3 rings (SSSR count). The number of imidazole rings is 1. The topological polar surface area (TPSA) is 46.4 Å². The lowest BCUT2D eigenvalue weighted by Crippen LogP contribution is -2.14. The summed E-state index contributed by atoms with van der Waals surface area (Å²) in [5.41, 5.74) is 2.67. The maximum Gasteiger partial charge on any atom is 0.258 e. The van der Waals surface area contributed by atoms with Crippen LogP contribution in [0.4, 0.5) is 5.69 Å². The van der Waals surface area contributed by atoms with Crippen LogP contribution >= 0.6 is 23.2 Å². The van der Waals surface area contributed by atoms with Crippen molar-refractivity contribution in [2.45, 2.75) is 27.2 Å². The van der Waals surface area contributed by atoms with E-state index in [1.807, 2.05) is 28.9 Å². The molecule has 0 atom stereocenters. The number of nitrogens with one attached hydrogen (secondary N) is 1. The van der Waals surface area contributed by atoms with Gasteiger partial charge in [-0.15, -0.1) is 0 Å². The van der Waals surface area contributed by atoms with Crippen LogP contribution in [-0.4, -0.2) is 15.3 Å². The van der Waals surface area contributed by atoms with E-state index in [4.69, 9.17) is 23.2 Å². The van der Waals surface area contributed by atoms with E-state index in [0.717, 1.165) is 12.1 Å². The first-order chi connectivity index (χ1) is 11.7. The molecular formula is C19H19Cl2N3O. The molecule has 0 aliphatic carbocycles. The minimum Gasteiger partial charge on any atom is -0.319 e. The van der Waals surface area contributed by atoms with Gasteiger partial charge in [0.15, 0.2) is 5.65 Å². The monoisotopic (exact) mass is 375 g/mol. The summed E-state index contributed by atoms with van der Waals surface area (Å²) in [6.07, 6.45) is 4.74. The number of nitrogens with zero attached hydrogens (tertiary/aromatic N) is 2. The highest BCUT2D eigenvalue weighted by Gasteiger charge is 2.18. The van der Waals surface area contributed by atoms with Crippen molar-refractivity contribution in [3.05, 3.63) is 64.0 Å². The van der Waals surface area contributed by atoms with Gasteiger partial charge in [-0.3, -0.25) is 4.79 Å². The standard InChI is InChI=1S/C19H19Cl2N3O/c1-19(2,3)10-12-11-24-9-5-8-15(17(24)22-12)23-18(25)16-13(20)6-4-7-14(16)21/h4-9,11H,10H2,1-3H3,(H,23,25). The number of carbonyl (C=O) groups is 1. The molecular weight excluding hydrogens is 357 g/mol. The van der Waals surface area contributed by atoms with E-state index in [1.165, 1.54) is 0 Å². The average Bonchev–Trinajstić information content (AvgIpc) is 2.88. The third-order valence-electron chi connectivity index (χ3n) is 3.68. The van der Waals surface area contributed by atoms with E-state index in [2.05, 4.69) is 31.1 Å². The van der Waals surface area contributed by atoms with Gasteiger partial charge in [0.05, 0.1) is 27.0 Å². The normalized spacial score (nSPS) is 11.7. The van der Waals surface area contributed by atoms with E-state index >= 15 is 0 Å². The molecule has 4 nitrogen and oxygen atoms in total. The van der Waals surface area contributed by atoms with Crippen molar-refractivity contribution in [1.82, 2.24) is 9.38 Å². The Morgan fingerprint density at radius 3 is 2.48 bits per heavy atom. The van der Waals surface area contributed by atoms with Gasteiger partial charge in [-0.1, -0.05) is 50.0 Å². The molecule has 1 N–H and O–H groups in total. The van der Waals surface area contributed by atoms with Gasteiger partial charge in [0.1, 0.15) is 0 Å². The van der Waals surface area contributed by atoms with Gasteiger partial charge in [0.2, 0.25) is 0 Å². The Balaban J connectivity index is 1.95. The first-order valence-electron chi connectivity index (χ1n) is 7.96. The summed E-state index contributed by atoms with van der Waals surface area (Å²) in [7, 11) is 0. The summed E-state index contributed by atoms with van der Waals surface area (Å²) in [6.45, 7) is 6.50. The molecule has 0 radical (unpaired) electrons. The second kappa shape index (κ2) is 6.70. The van der Waals surface area contributed by atoms with Gasteiger partial charge in [-0.05, 0) is 36.1 Å². The first kappa shape index (κ1) is 17.8. The van der Waals surface area contributed by atoms with Crippen LogP contribution < -0.4 is 5.32 Å². The molecule has 0 unspecified atom stereocenters. The van der Waals surface area contributed by atoms with Gasteiger partial charge in [0.25, 0.3) is 5.91 Å². The second-order valence-corrected chi connectivity index (χ2v) is 7.99. The van der Waals surface area contributed by atoms with Gasteiger partial charge in [-0.2, -0.15) is 0 Å². The number of benzene rings is 1. The van der Waals surface area contributed by atoms with Gasteiger partial charge < -0.3 is 9.72 Å². The third kappa shape index (κ3) is 3.97. The summed E-state index contributed by atoms with van der Waals surface area (Å²) in [5, 5.41) is 3.50. The number of pyridine rings is 1. The maximum atomic E-state index is 12.6. The van der Waals surface area contributed by atoms with Crippen molar-refractivity contribution < 1.29 is 4.79 Å². The molecule has 0 saturated carbocycles. The quantitative estimate of drug-likeness (QED) is 0.658. The minimum absolute atomic E-state index is 0.131. The fraction of sp³-hybridized carbons (Fsp3) is 0.263. The van der Waals surface area contributed by atoms with Crippen LogP contribution in [-0.2, 0) is 6.42 Å². The van der Waals surface area contributed by atoms with Gasteiger partial charge in [0, 0.05) is 12.4 Å². The Bertz CT molecular complexity index is 921. The molecule has 2 heterocycles. The maximum absolute atomic E-state index is 12.6. The van der Waals surface area contributed by atoms with Crippen LogP contribution in [0.5, 0.6) is 0 Å². The fourth-order valence-corrected chi connectivity index (χ4v) is 3.26. The van der Waals surface area contributed by atoms with Crippen LogP contribution in [0.2, 0.25) is 10.0 Å². The number of hydrogen-bond acceptors (Lipinski definition) is 2. The van der Waals surface area contributed by atoms with Crippen molar-refractivity contribution in [3.8, 4) is 0 Å². The lowest BCUT2D eigenvalue weighted by molar-refractivity contribution is 0.102. The van der Waals surface area contributed by atoms with E-state index in [1.54, 1.807) is 18.2 Å². The molecule has 0 aliphatic rings. The highest BCUT2D eigenvalue weighted by Crippen LogP contribution is 2.27. The van der Waals surface area contributed by atoms with Crippen molar-refractivity contribution in [3.63, 3.8) is 0 Å². The summed E-state index contributed by atoms with van der Waals surface area (Å²) in [4.78, 5) is 17.3. The zero-order valence-corrected chi connectivity index (χ0v) is 15.8. The molecule has 25 heavy (non-hydrogen) atoms. The molecule has 0 bridgehead atoms. The van der Waals surface area contributed by atoms with E-state index in [9.17, 15) is 4.79 Å². The fourth-order valence-electron chi connectivity index (χ4n) is 2.69. The predicted octanol–water partition coefficient (Wildman–Crippen LogP) is 5.48. The summed E-state index contributed by atoms with van der Waals surface area (Å²) >= 11 is 12.2. The number of anilines is 1. The predicted molar refractivity (Wildman–Crippen MR) is 103 cm³/mol. The number of carbonyl (C=O) groups excluding carboxylic acids is 1. The Morgan fingerprint density at radius 2 is 1.84 bits per heavy atom. The summed E-state index contributed by atoms with van der Waals surface area (Å²) in [6, 6.07) is 8.65. The molecule has 0 aliphatic heterocycles. The number of rotatable bonds is 3. The molecule has 3 aromatic rings. The Hall–Kier alpha value is -2.04. The van der Waals surface area contributed by atoms with Crippen LogP contribution in [0.3, 0.4) is 0 Å². The lowest BCUT2D eigenvalue weighted by Gasteiger charge is -2.15. The molecule has 1 amide bonds. The zero-order valence-electron chi connectivity index (χ0n) is 14.3. The van der Waals surface area contributed by atoms with Crippen molar-refractivity contribution >= 4 is 40.4 Å². The van der Waals surface area contributed by atoms with Crippen molar-refractivity contribution in [2.75, 3.05) is 5.32 Å². The number of aromatic nitrogens is 2. The Labute approximate surface area is 156 Å². The van der Waals surface area contributed by atoms with Crippen LogP contribution in [0, 0.1) is 5.41 Å². The molecule has 6 heteroatoms. The van der Waals surface area contributed by atoms with Gasteiger partial charge in [-0.25, -0.2) is 4.98 Å². The van der Waals surface area contributed by atoms with E-state index < -0.39 is 0 Å². The molecule has 0 spiro atoms. The third-order valence-corrected chi connectivity index (χ3v) is 4.31. The van der Waals surface area contributed by atoms with E-state index in [-0.39, 0.29) is 16.9 Å². The lowest BCUT2D eigenvalue weighted by atomic mass is 9.91. The summed E-state index contributed by atoms with van der Waals surface area (Å²) < 4.78 is 1.91. The molecule has 0 fully saturated rings. The zero-order chi connectivity index (χ0) is 18.2. The average molecular weight is 376 g/mol.